The van der Waals surface area contributed by atoms with E-state index in [9.17, 15) is 4.79 Å². The summed E-state index contributed by atoms with van der Waals surface area (Å²) in [6, 6.07) is 0. The smallest absolute Gasteiger partial charge is 0.219 e. The number of carbonyl (C=O) groups excluding carboxylic acids is 1. The number of rotatable bonds is 11. The van der Waals surface area contributed by atoms with Crippen LogP contribution in [0.4, 0.5) is 0 Å². The van der Waals surface area contributed by atoms with Gasteiger partial charge in [-0.2, -0.15) is 0 Å². The minimum absolute atomic E-state index is 0.0464. The van der Waals surface area contributed by atoms with Gasteiger partial charge in [0, 0.05) is 19.5 Å². The predicted molar refractivity (Wildman–Crippen MR) is 98.0 cm³/mol. The topological polar surface area (TPSA) is 50.8 Å². The first-order chi connectivity index (χ1) is 11.3. The van der Waals surface area contributed by atoms with E-state index in [1.807, 2.05) is 6.92 Å². The van der Waals surface area contributed by atoms with Gasteiger partial charge in [0.1, 0.15) is 0 Å². The zero-order valence-corrected chi connectivity index (χ0v) is 16.4. The second-order valence-corrected chi connectivity index (χ2v) is 8.22. The molecule has 1 amide bonds. The predicted octanol–water partition coefficient (Wildman–Crippen LogP) is 3.18. The van der Waals surface area contributed by atoms with E-state index in [1.165, 1.54) is 0 Å². The molecule has 5 heteroatoms. The van der Waals surface area contributed by atoms with Crippen molar-refractivity contribution in [3.8, 4) is 0 Å². The van der Waals surface area contributed by atoms with E-state index >= 15 is 0 Å². The quantitative estimate of drug-likeness (QED) is 0.586. The van der Waals surface area contributed by atoms with Gasteiger partial charge in [0.15, 0.2) is 6.29 Å². The molecule has 1 saturated heterocycles. The van der Waals surface area contributed by atoms with E-state index < -0.39 is 0 Å². The Hall–Kier alpha value is -0.650. The summed E-state index contributed by atoms with van der Waals surface area (Å²) in [5.41, 5.74) is 0.283. The monoisotopic (exact) mass is 342 g/mol. The lowest BCUT2D eigenvalue weighted by atomic mass is 9.92. The molecule has 0 radical (unpaired) electrons. The molecule has 1 heterocycles. The molecule has 0 bridgehead atoms. The number of unbranched alkanes of at least 4 members (excludes halogenated alkanes) is 2. The van der Waals surface area contributed by atoms with E-state index in [-0.39, 0.29) is 23.7 Å². The minimum atomic E-state index is -0.0464. The SMILES string of the molecule is CC1OCC(CCN(C)CCCCCC(=O)NCCC(C)(C)C)O1. The van der Waals surface area contributed by atoms with Crippen molar-refractivity contribution >= 4 is 5.91 Å². The molecule has 0 spiro atoms. The zero-order chi connectivity index (χ0) is 18.0. The third-order valence-electron chi connectivity index (χ3n) is 4.37. The lowest BCUT2D eigenvalue weighted by molar-refractivity contribution is -0.121. The van der Waals surface area contributed by atoms with E-state index in [1.54, 1.807) is 0 Å². The Labute approximate surface area is 148 Å². The van der Waals surface area contributed by atoms with E-state index in [0.29, 0.717) is 6.42 Å². The molecule has 1 aliphatic heterocycles. The molecule has 1 N–H and O–H groups in total. The first-order valence-electron chi connectivity index (χ1n) is 9.48. The summed E-state index contributed by atoms with van der Waals surface area (Å²) in [5, 5.41) is 3.02. The lowest BCUT2D eigenvalue weighted by Gasteiger charge is -2.18. The standard InChI is InChI=1S/C19H38N2O3/c1-16-23-15-17(24-16)10-14-21(5)13-8-6-7-9-18(22)20-12-11-19(2,3)4/h16-17H,6-15H2,1-5H3,(H,20,22). The van der Waals surface area contributed by atoms with Crippen LogP contribution in [0.1, 0.15) is 66.2 Å². The van der Waals surface area contributed by atoms with Gasteiger partial charge < -0.3 is 19.7 Å². The average Bonchev–Trinajstić information content (AvgIpc) is 2.89. The highest BCUT2D eigenvalue weighted by atomic mass is 16.7. The summed E-state index contributed by atoms with van der Waals surface area (Å²) in [5.74, 6) is 0.195. The Morgan fingerprint density at radius 1 is 1.21 bits per heavy atom. The van der Waals surface area contributed by atoms with Crippen molar-refractivity contribution < 1.29 is 14.3 Å². The third-order valence-corrected chi connectivity index (χ3v) is 4.37. The molecule has 2 unspecified atom stereocenters. The van der Waals surface area contributed by atoms with Crippen molar-refractivity contribution in [2.24, 2.45) is 5.41 Å². The van der Waals surface area contributed by atoms with Crippen LogP contribution < -0.4 is 5.32 Å². The molecule has 5 nitrogen and oxygen atoms in total. The van der Waals surface area contributed by atoms with Crippen LogP contribution in [0.5, 0.6) is 0 Å². The van der Waals surface area contributed by atoms with Gasteiger partial charge in [-0.15, -0.1) is 0 Å². The molecule has 1 fully saturated rings. The van der Waals surface area contributed by atoms with Crippen LogP contribution in [0.25, 0.3) is 0 Å². The molecular weight excluding hydrogens is 304 g/mol. The van der Waals surface area contributed by atoms with Crippen molar-refractivity contribution in [2.45, 2.75) is 78.6 Å². The Morgan fingerprint density at radius 2 is 1.96 bits per heavy atom. The highest BCUT2D eigenvalue weighted by Crippen LogP contribution is 2.17. The molecule has 24 heavy (non-hydrogen) atoms. The summed E-state index contributed by atoms with van der Waals surface area (Å²) < 4.78 is 11.0. The lowest BCUT2D eigenvalue weighted by Crippen LogP contribution is -2.27. The van der Waals surface area contributed by atoms with E-state index in [4.69, 9.17) is 9.47 Å². The van der Waals surface area contributed by atoms with Gasteiger partial charge in [-0.05, 0) is 51.6 Å². The van der Waals surface area contributed by atoms with Crippen LogP contribution in [-0.2, 0) is 14.3 Å². The van der Waals surface area contributed by atoms with E-state index in [0.717, 1.165) is 58.3 Å². The fourth-order valence-corrected chi connectivity index (χ4v) is 2.73. The van der Waals surface area contributed by atoms with Crippen LogP contribution >= 0.6 is 0 Å². The highest BCUT2D eigenvalue weighted by Gasteiger charge is 2.22. The Balaban J connectivity index is 1.92. The Kier molecular flexibility index (Phi) is 9.86. The van der Waals surface area contributed by atoms with Gasteiger partial charge in [-0.1, -0.05) is 27.2 Å². The number of amides is 1. The number of hydrogen-bond acceptors (Lipinski definition) is 4. The first-order valence-corrected chi connectivity index (χ1v) is 9.48. The number of ether oxygens (including phenoxy) is 2. The van der Waals surface area contributed by atoms with Crippen LogP contribution in [0.2, 0.25) is 0 Å². The van der Waals surface area contributed by atoms with Gasteiger partial charge in [-0.25, -0.2) is 0 Å². The second kappa shape index (κ2) is 11.1. The van der Waals surface area contributed by atoms with Crippen LogP contribution in [-0.4, -0.2) is 56.5 Å². The Bertz CT molecular complexity index is 355. The summed E-state index contributed by atoms with van der Waals surface area (Å²) >= 11 is 0. The first kappa shape index (κ1) is 21.4. The van der Waals surface area contributed by atoms with Crippen LogP contribution in [0, 0.1) is 5.41 Å². The summed E-state index contributed by atoms with van der Waals surface area (Å²) in [6.45, 7) is 12.2. The maximum absolute atomic E-state index is 11.8. The number of nitrogens with zero attached hydrogens (tertiary/aromatic N) is 1. The fourth-order valence-electron chi connectivity index (χ4n) is 2.73. The maximum atomic E-state index is 11.8. The third kappa shape index (κ3) is 11.0. The van der Waals surface area contributed by atoms with Gasteiger partial charge in [0.05, 0.1) is 12.7 Å². The molecule has 0 aromatic rings. The fraction of sp³-hybridized carbons (Fsp3) is 0.947. The van der Waals surface area contributed by atoms with E-state index in [2.05, 4.69) is 38.0 Å². The molecule has 1 rings (SSSR count). The molecule has 0 aromatic heterocycles. The molecule has 0 aromatic carbocycles. The second-order valence-electron chi connectivity index (χ2n) is 8.22. The normalized spacial score (nSPS) is 21.4. The van der Waals surface area contributed by atoms with Crippen molar-refractivity contribution in [1.82, 2.24) is 10.2 Å². The van der Waals surface area contributed by atoms with Crippen molar-refractivity contribution in [3.05, 3.63) is 0 Å². The maximum Gasteiger partial charge on any atom is 0.219 e. The van der Waals surface area contributed by atoms with Gasteiger partial charge >= 0.3 is 0 Å². The van der Waals surface area contributed by atoms with Crippen molar-refractivity contribution in [2.75, 3.05) is 33.3 Å². The van der Waals surface area contributed by atoms with Crippen LogP contribution in [0.3, 0.4) is 0 Å². The van der Waals surface area contributed by atoms with Crippen molar-refractivity contribution in [1.29, 1.82) is 0 Å². The van der Waals surface area contributed by atoms with Gasteiger partial charge in [0.2, 0.25) is 5.91 Å². The largest absolute Gasteiger partial charge is 0.356 e. The average molecular weight is 343 g/mol. The number of nitrogens with one attached hydrogen (secondary N) is 1. The molecule has 0 saturated carbocycles. The number of carbonyl (C=O) groups is 1. The highest BCUT2D eigenvalue weighted by molar-refractivity contribution is 5.75. The molecule has 2 atom stereocenters. The molecule has 1 aliphatic rings. The van der Waals surface area contributed by atoms with Gasteiger partial charge in [0.25, 0.3) is 0 Å². The summed E-state index contributed by atoms with van der Waals surface area (Å²) in [4.78, 5) is 14.1. The van der Waals surface area contributed by atoms with Gasteiger partial charge in [-0.3, -0.25) is 4.79 Å². The number of hydrogen-bond donors (Lipinski definition) is 1. The van der Waals surface area contributed by atoms with Crippen molar-refractivity contribution in [3.63, 3.8) is 0 Å². The Morgan fingerprint density at radius 3 is 2.58 bits per heavy atom. The molecule has 0 aliphatic carbocycles. The summed E-state index contributed by atoms with van der Waals surface area (Å²) in [7, 11) is 2.15. The summed E-state index contributed by atoms with van der Waals surface area (Å²) in [6.07, 6.45) is 6.14. The zero-order valence-electron chi connectivity index (χ0n) is 16.4. The molecule has 142 valence electrons. The van der Waals surface area contributed by atoms with Crippen LogP contribution in [0.15, 0.2) is 0 Å². The molecular formula is C19H38N2O3. The minimum Gasteiger partial charge on any atom is -0.356 e.